The van der Waals surface area contributed by atoms with E-state index in [1.54, 1.807) is 36.4 Å². The van der Waals surface area contributed by atoms with E-state index in [9.17, 15) is 24.3 Å². The molecule has 3 amide bonds. The van der Waals surface area contributed by atoms with Gasteiger partial charge in [0.1, 0.15) is 5.84 Å². The van der Waals surface area contributed by atoms with Crippen LogP contribution in [-0.4, -0.2) is 75.6 Å². The Hall–Kier alpha value is -4.28. The van der Waals surface area contributed by atoms with Gasteiger partial charge in [0.05, 0.1) is 12.5 Å². The number of aliphatic carboxylic acids is 1. The van der Waals surface area contributed by atoms with E-state index in [2.05, 4.69) is 10.3 Å². The number of carbonyl (C=O) groups is 4. The molecule has 1 aromatic heterocycles. The molecule has 1 aromatic carbocycles. The minimum Gasteiger partial charge on any atom is -0.481 e. The minimum atomic E-state index is -1.09. The first kappa shape index (κ1) is 23.4. The summed E-state index contributed by atoms with van der Waals surface area (Å²) >= 11 is 0. The molecule has 1 saturated heterocycles. The highest BCUT2D eigenvalue weighted by Gasteiger charge is 2.37. The Kier molecular flexibility index (Phi) is 7.34. The summed E-state index contributed by atoms with van der Waals surface area (Å²) in [4.78, 5) is 55.6. The van der Waals surface area contributed by atoms with Gasteiger partial charge in [0.2, 0.25) is 0 Å². The number of amides is 3. The fraction of sp³-hybridized carbons (Fsp3) is 0.273. The molecule has 2 aromatic rings. The Morgan fingerprint density at radius 1 is 1.12 bits per heavy atom. The van der Waals surface area contributed by atoms with Crippen molar-refractivity contribution in [2.45, 2.75) is 12.5 Å². The number of nitrogen functional groups attached to an aromatic ring is 1. The van der Waals surface area contributed by atoms with Gasteiger partial charge in [0.15, 0.2) is 0 Å². The summed E-state index contributed by atoms with van der Waals surface area (Å²) in [6, 6.07) is 8.73. The number of hydrogen-bond acceptors (Lipinski definition) is 6. The smallest absolute Gasteiger partial charge is 0.312 e. The van der Waals surface area contributed by atoms with Gasteiger partial charge in [-0.15, -0.1) is 0 Å². The molecule has 0 bridgehead atoms. The van der Waals surface area contributed by atoms with E-state index in [0.717, 1.165) is 0 Å². The molecule has 1 atom stereocenters. The zero-order valence-electron chi connectivity index (χ0n) is 17.7. The van der Waals surface area contributed by atoms with Crippen LogP contribution in [0.25, 0.3) is 0 Å². The maximum atomic E-state index is 12.7. The first-order valence-electron chi connectivity index (χ1n) is 10.2. The van der Waals surface area contributed by atoms with Crippen LogP contribution in [0.1, 0.15) is 33.9 Å². The molecule has 1 unspecified atom stereocenters. The van der Waals surface area contributed by atoms with Crippen molar-refractivity contribution in [1.29, 1.82) is 5.41 Å². The number of carboxylic acids is 1. The van der Waals surface area contributed by atoms with Gasteiger partial charge in [-0.2, -0.15) is 0 Å². The van der Waals surface area contributed by atoms with Crippen LogP contribution in [0.5, 0.6) is 0 Å². The van der Waals surface area contributed by atoms with E-state index in [1.165, 1.54) is 22.2 Å². The van der Waals surface area contributed by atoms with Crippen molar-refractivity contribution in [3.63, 3.8) is 0 Å². The van der Waals surface area contributed by atoms with Crippen LogP contribution in [0.3, 0.4) is 0 Å². The second-order valence-electron chi connectivity index (χ2n) is 7.44. The highest BCUT2D eigenvalue weighted by atomic mass is 16.4. The van der Waals surface area contributed by atoms with Gasteiger partial charge in [0.25, 0.3) is 5.91 Å². The van der Waals surface area contributed by atoms with Crippen molar-refractivity contribution < 1.29 is 24.3 Å². The second-order valence-corrected chi connectivity index (χ2v) is 7.44. The Bertz CT molecular complexity index is 1060. The predicted octanol–water partition coefficient (Wildman–Crippen LogP) is -0.0177. The van der Waals surface area contributed by atoms with E-state index < -0.39 is 23.8 Å². The number of rotatable bonds is 9. The summed E-state index contributed by atoms with van der Waals surface area (Å²) in [5.41, 5.74) is 6.81. The third kappa shape index (κ3) is 5.70. The van der Waals surface area contributed by atoms with E-state index >= 15 is 0 Å². The number of carboxylic acid groups (broad SMARTS) is 1. The summed E-state index contributed by atoms with van der Waals surface area (Å²) in [6.45, 7) is 0.641. The number of hydrogen-bond donors (Lipinski definition) is 4. The van der Waals surface area contributed by atoms with E-state index in [-0.39, 0.29) is 44.3 Å². The Balaban J connectivity index is 1.58. The number of nitrogens with one attached hydrogen (secondary N) is 2. The lowest BCUT2D eigenvalue weighted by atomic mass is 10.0. The quantitative estimate of drug-likeness (QED) is 0.235. The van der Waals surface area contributed by atoms with Gasteiger partial charge in [-0.3, -0.25) is 29.6 Å². The predicted molar refractivity (Wildman–Crippen MR) is 117 cm³/mol. The molecular weight excluding hydrogens is 428 g/mol. The third-order valence-corrected chi connectivity index (χ3v) is 5.28. The van der Waals surface area contributed by atoms with Gasteiger partial charge < -0.3 is 26.0 Å². The lowest BCUT2D eigenvalue weighted by Gasteiger charge is -2.38. The molecule has 0 spiro atoms. The number of amidine groups is 1. The van der Waals surface area contributed by atoms with E-state index in [4.69, 9.17) is 11.1 Å². The molecule has 33 heavy (non-hydrogen) atoms. The van der Waals surface area contributed by atoms with Gasteiger partial charge in [-0.25, -0.2) is 0 Å². The molecular formula is C22H24N6O5. The van der Waals surface area contributed by atoms with Crippen molar-refractivity contribution in [2.75, 3.05) is 26.2 Å². The lowest BCUT2D eigenvalue weighted by Crippen LogP contribution is -2.56. The van der Waals surface area contributed by atoms with Crippen LogP contribution < -0.4 is 11.1 Å². The monoisotopic (exact) mass is 452 g/mol. The summed E-state index contributed by atoms with van der Waals surface area (Å²) in [5, 5.41) is 19.3. The molecule has 11 nitrogen and oxygen atoms in total. The molecule has 1 aliphatic rings. The van der Waals surface area contributed by atoms with Crippen molar-refractivity contribution >= 4 is 29.5 Å². The highest BCUT2D eigenvalue weighted by Crippen LogP contribution is 2.26. The number of nitrogens with two attached hydrogens (primary N) is 1. The first-order chi connectivity index (χ1) is 15.8. The zero-order valence-corrected chi connectivity index (χ0v) is 17.7. The van der Waals surface area contributed by atoms with E-state index in [1.807, 2.05) is 0 Å². The first-order valence-corrected chi connectivity index (χ1v) is 10.2. The number of benzene rings is 1. The average Bonchev–Trinajstić information content (AvgIpc) is 2.81. The van der Waals surface area contributed by atoms with Crippen LogP contribution in [0.4, 0.5) is 0 Å². The zero-order chi connectivity index (χ0) is 24.0. The summed E-state index contributed by atoms with van der Waals surface area (Å²) in [7, 11) is 0. The second kappa shape index (κ2) is 10.4. The lowest BCUT2D eigenvalue weighted by molar-refractivity contribution is -0.159. The molecule has 2 heterocycles. The molecule has 1 fully saturated rings. The van der Waals surface area contributed by atoms with Crippen molar-refractivity contribution in [1.82, 2.24) is 20.1 Å². The van der Waals surface area contributed by atoms with Crippen molar-refractivity contribution in [3.05, 3.63) is 65.5 Å². The van der Waals surface area contributed by atoms with Crippen molar-refractivity contribution in [3.8, 4) is 0 Å². The maximum Gasteiger partial charge on any atom is 0.312 e. The summed E-state index contributed by atoms with van der Waals surface area (Å²) < 4.78 is 0. The summed E-state index contributed by atoms with van der Waals surface area (Å²) in [6.07, 6.45) is 2.68. The van der Waals surface area contributed by atoms with Crippen LogP contribution in [-0.2, 0) is 14.4 Å². The topological polar surface area (TPSA) is 170 Å². The number of nitrogens with zero attached hydrogens (tertiary/aromatic N) is 3. The van der Waals surface area contributed by atoms with Gasteiger partial charge in [0, 0.05) is 49.7 Å². The number of carbonyl (C=O) groups excluding carboxylic acids is 3. The SMILES string of the molecule is N=C(N)c1ccc(C(=O)NCCN2CCN(C(CC(=O)O)c3cccnc3)C(=O)C2=O)cc1. The van der Waals surface area contributed by atoms with Crippen LogP contribution in [0.2, 0.25) is 0 Å². The van der Waals surface area contributed by atoms with Gasteiger partial charge in [-0.1, -0.05) is 18.2 Å². The molecule has 172 valence electrons. The third-order valence-electron chi connectivity index (χ3n) is 5.28. The number of piperazine rings is 1. The number of pyridine rings is 1. The average molecular weight is 452 g/mol. The van der Waals surface area contributed by atoms with Gasteiger partial charge in [-0.05, 0) is 23.8 Å². The Labute approximate surface area is 189 Å². The Morgan fingerprint density at radius 2 is 1.82 bits per heavy atom. The largest absolute Gasteiger partial charge is 0.481 e. The molecule has 0 radical (unpaired) electrons. The van der Waals surface area contributed by atoms with E-state index in [0.29, 0.717) is 16.7 Å². The fourth-order valence-electron chi connectivity index (χ4n) is 3.55. The Morgan fingerprint density at radius 3 is 2.42 bits per heavy atom. The number of aromatic nitrogens is 1. The van der Waals surface area contributed by atoms with Crippen LogP contribution in [0, 0.1) is 5.41 Å². The maximum absolute atomic E-state index is 12.7. The van der Waals surface area contributed by atoms with Crippen molar-refractivity contribution in [2.24, 2.45) is 5.73 Å². The minimum absolute atomic E-state index is 0.0987. The normalized spacial score (nSPS) is 14.7. The molecule has 5 N–H and O–H groups in total. The molecule has 11 heteroatoms. The van der Waals surface area contributed by atoms with Crippen LogP contribution >= 0.6 is 0 Å². The standard InChI is InChI=1S/C22H24N6O5/c23-19(24)14-3-5-15(6-4-14)20(31)26-8-9-27-10-11-28(22(33)21(27)32)17(12-18(29)30)16-2-1-7-25-13-16/h1-7,13,17H,8-12H2,(H3,23,24)(H,26,31)(H,29,30). The summed E-state index contributed by atoms with van der Waals surface area (Å²) in [5.74, 6) is -3.09. The molecule has 0 aliphatic carbocycles. The van der Waals surface area contributed by atoms with Gasteiger partial charge >= 0.3 is 17.8 Å². The van der Waals surface area contributed by atoms with Crippen LogP contribution in [0.15, 0.2) is 48.8 Å². The molecule has 0 saturated carbocycles. The fourth-order valence-corrected chi connectivity index (χ4v) is 3.55. The molecule has 3 rings (SSSR count). The highest BCUT2D eigenvalue weighted by molar-refractivity contribution is 6.35. The molecule has 1 aliphatic heterocycles.